The normalized spacial score (nSPS) is 0. The van der Waals surface area contributed by atoms with Crippen molar-refractivity contribution in [1.82, 2.24) is 0 Å². The minimum atomic E-state index is 0. The van der Waals surface area contributed by atoms with Gasteiger partial charge in [0, 0.05) is 0 Å². The van der Waals surface area contributed by atoms with Crippen LogP contribution in [0.2, 0.25) is 0 Å². The molecule has 46 valence electrons. The summed E-state index contributed by atoms with van der Waals surface area (Å²) in [6, 6.07) is 0. The summed E-state index contributed by atoms with van der Waals surface area (Å²) in [5.41, 5.74) is 0. The van der Waals surface area contributed by atoms with E-state index in [9.17, 15) is 0 Å². The van der Waals surface area contributed by atoms with Crippen LogP contribution in [0.3, 0.4) is 0 Å². The van der Waals surface area contributed by atoms with E-state index in [1.54, 1.807) is 0 Å². The molecule has 0 saturated carbocycles. The smallest absolute Gasteiger partial charge is 1.00 e. The molecular formula is H3Cl4PPt. The maximum atomic E-state index is 0. The fourth-order valence-electron chi connectivity index (χ4n) is 0. The van der Waals surface area contributed by atoms with E-state index in [0.29, 0.717) is 0 Å². The van der Waals surface area contributed by atoms with Crippen molar-refractivity contribution in [2.45, 2.75) is 0 Å². The van der Waals surface area contributed by atoms with Gasteiger partial charge in [-0.25, -0.2) is 0 Å². The Kier molecular flexibility index (Phi) is 778. The van der Waals surface area contributed by atoms with Crippen molar-refractivity contribution in [3.05, 3.63) is 0 Å². The number of halogens is 4. The first kappa shape index (κ1) is 84.5. The molecule has 0 nitrogen and oxygen atoms in total. The fraction of sp³-hybridized carbons (Fsp3) is 0. The van der Waals surface area contributed by atoms with Crippen LogP contribution in [0.1, 0.15) is 0 Å². The van der Waals surface area contributed by atoms with Crippen molar-refractivity contribution in [3.63, 3.8) is 0 Å². The van der Waals surface area contributed by atoms with Crippen LogP contribution in [0, 0.1) is 0 Å². The van der Waals surface area contributed by atoms with Gasteiger partial charge in [-0.2, -0.15) is 9.90 Å². The van der Waals surface area contributed by atoms with Crippen LogP contribution in [0.5, 0.6) is 0 Å². The predicted molar refractivity (Wildman–Crippen MR) is 11.1 cm³/mol. The molecule has 1 atom stereocenters. The molecule has 0 aliphatic rings. The largest absolute Gasteiger partial charge is 4.00 e. The van der Waals surface area contributed by atoms with Gasteiger partial charge in [0.1, 0.15) is 0 Å². The third-order valence-corrected chi connectivity index (χ3v) is 0. The maximum absolute atomic E-state index is 0. The van der Waals surface area contributed by atoms with Gasteiger partial charge in [0.2, 0.25) is 0 Å². The number of hydrogen-bond acceptors (Lipinski definition) is 0. The topological polar surface area (TPSA) is 0 Å². The minimum Gasteiger partial charge on any atom is -1.00 e. The van der Waals surface area contributed by atoms with E-state index in [1.165, 1.54) is 0 Å². The van der Waals surface area contributed by atoms with E-state index in [-0.39, 0.29) is 80.6 Å². The molecule has 0 spiro atoms. The van der Waals surface area contributed by atoms with Crippen LogP contribution < -0.4 is 49.6 Å². The molecule has 0 N–H and O–H groups in total. The Morgan fingerprint density at radius 1 is 0.500 bits per heavy atom. The second kappa shape index (κ2) is 55.3. The Morgan fingerprint density at radius 2 is 0.500 bits per heavy atom. The van der Waals surface area contributed by atoms with Crippen LogP contribution in [-0.2, 0) is 21.1 Å². The summed E-state index contributed by atoms with van der Waals surface area (Å²) in [5, 5.41) is 0. The Bertz CT molecular complexity index is 7.51. The summed E-state index contributed by atoms with van der Waals surface area (Å²) in [6.07, 6.45) is 0. The summed E-state index contributed by atoms with van der Waals surface area (Å²) in [7, 11) is 0. The molecule has 1 unspecified atom stereocenters. The van der Waals surface area contributed by atoms with Gasteiger partial charge in [-0.05, 0) is 0 Å². The second-order valence-electron chi connectivity index (χ2n) is 0. The van der Waals surface area contributed by atoms with Gasteiger partial charge in [-0.15, -0.1) is 0 Å². The monoisotopic (exact) mass is 369 g/mol. The van der Waals surface area contributed by atoms with Crippen molar-refractivity contribution in [1.29, 1.82) is 0 Å². The Morgan fingerprint density at radius 3 is 0.500 bits per heavy atom. The third-order valence-electron chi connectivity index (χ3n) is 0. The van der Waals surface area contributed by atoms with Gasteiger partial charge in [0.25, 0.3) is 0 Å². The van der Waals surface area contributed by atoms with Gasteiger partial charge < -0.3 is 49.6 Å². The summed E-state index contributed by atoms with van der Waals surface area (Å²) < 4.78 is 0. The molecule has 0 aromatic rings. The van der Waals surface area contributed by atoms with E-state index in [0.717, 1.165) is 0 Å². The Balaban J connectivity index is 0. The summed E-state index contributed by atoms with van der Waals surface area (Å²) in [4.78, 5) is 0. The average molecular weight is 371 g/mol. The van der Waals surface area contributed by atoms with E-state index in [2.05, 4.69) is 0 Å². The quantitative estimate of drug-likeness (QED) is 0.372. The van der Waals surface area contributed by atoms with Crippen molar-refractivity contribution in [3.8, 4) is 0 Å². The molecule has 6 heavy (non-hydrogen) atoms. The van der Waals surface area contributed by atoms with Crippen molar-refractivity contribution >= 4 is 9.90 Å². The molecule has 0 aliphatic heterocycles. The number of hydrogen-bond donors (Lipinski definition) is 0. The van der Waals surface area contributed by atoms with E-state index in [1.807, 2.05) is 0 Å². The molecule has 0 radical (unpaired) electrons. The molecule has 0 aromatic heterocycles. The van der Waals surface area contributed by atoms with Gasteiger partial charge in [-0.3, -0.25) is 0 Å². The first-order valence-electron chi connectivity index (χ1n) is 0. The first-order chi connectivity index (χ1) is 0. The third kappa shape index (κ3) is 33.7. The minimum absolute atomic E-state index is 0. The summed E-state index contributed by atoms with van der Waals surface area (Å²) in [6.45, 7) is 0. The van der Waals surface area contributed by atoms with Crippen molar-refractivity contribution in [2.24, 2.45) is 0 Å². The fourth-order valence-corrected chi connectivity index (χ4v) is 0. The first-order valence-corrected chi connectivity index (χ1v) is 0. The molecule has 0 rings (SSSR count). The molecule has 0 saturated heterocycles. The predicted octanol–water partition coefficient (Wildman–Crippen LogP) is -11.9. The van der Waals surface area contributed by atoms with Crippen LogP contribution in [0.15, 0.2) is 0 Å². The molecule has 0 amide bonds. The van der Waals surface area contributed by atoms with E-state index in [4.69, 9.17) is 0 Å². The zero-order valence-corrected chi connectivity index (χ0v) is 9.25. The zero-order valence-electron chi connectivity index (χ0n) is 2.54. The van der Waals surface area contributed by atoms with Gasteiger partial charge in [0.15, 0.2) is 0 Å². The molecule has 0 aromatic carbocycles. The van der Waals surface area contributed by atoms with Gasteiger partial charge in [0.05, 0.1) is 0 Å². The number of rotatable bonds is 0. The maximum Gasteiger partial charge on any atom is 4.00 e. The zero-order chi connectivity index (χ0) is 0. The standard InChI is InChI=1S/4ClH.H3P.Pt/h4*1H;1H3;/q;;;;;+4/p-4. The molecule has 0 fully saturated rings. The van der Waals surface area contributed by atoms with E-state index >= 15 is 0 Å². The second-order valence-corrected chi connectivity index (χ2v) is 0. The van der Waals surface area contributed by atoms with Crippen LogP contribution in [-0.4, -0.2) is 0 Å². The van der Waals surface area contributed by atoms with Crippen molar-refractivity contribution in [2.75, 3.05) is 0 Å². The Hall–Kier alpha value is 2.28. The average Bonchev–Trinajstić information content (AvgIpc) is 0. The van der Waals surface area contributed by atoms with Crippen LogP contribution in [0.4, 0.5) is 0 Å². The summed E-state index contributed by atoms with van der Waals surface area (Å²) >= 11 is 0. The van der Waals surface area contributed by atoms with Crippen LogP contribution in [0.25, 0.3) is 0 Å². The Labute approximate surface area is 80.1 Å². The van der Waals surface area contributed by atoms with Gasteiger partial charge in [-0.1, -0.05) is 0 Å². The molecular weight excluding hydrogens is 368 g/mol. The van der Waals surface area contributed by atoms with Crippen LogP contribution >= 0.6 is 9.90 Å². The molecule has 0 aliphatic carbocycles. The SMILES string of the molecule is P.[Cl-].[Cl-].[Cl-].[Cl-].[Pt+4]. The molecule has 0 heterocycles. The van der Waals surface area contributed by atoms with Crippen molar-refractivity contribution < 1.29 is 70.7 Å². The summed E-state index contributed by atoms with van der Waals surface area (Å²) in [5.74, 6) is 0. The molecule has 6 heteroatoms. The van der Waals surface area contributed by atoms with E-state index < -0.39 is 0 Å². The van der Waals surface area contributed by atoms with Gasteiger partial charge >= 0.3 is 21.1 Å². The molecule has 0 bridgehead atoms.